The van der Waals surface area contributed by atoms with Crippen LogP contribution in [0.4, 0.5) is 18.9 Å². The zero-order chi connectivity index (χ0) is 20.2. The van der Waals surface area contributed by atoms with Gasteiger partial charge in [-0.2, -0.15) is 0 Å². The van der Waals surface area contributed by atoms with E-state index in [1.807, 2.05) is 0 Å². The molecule has 2 rings (SSSR count). The van der Waals surface area contributed by atoms with Gasteiger partial charge in [0.15, 0.2) is 0 Å². The van der Waals surface area contributed by atoms with Gasteiger partial charge in [0.1, 0.15) is 11.5 Å². The molecule has 2 aromatic carbocycles. The Hall–Kier alpha value is -3.30. The summed E-state index contributed by atoms with van der Waals surface area (Å²) < 4.78 is 45.4. The summed E-state index contributed by atoms with van der Waals surface area (Å²) in [5.41, 5.74) is 0.289. The zero-order valence-corrected chi connectivity index (χ0v) is 14.3. The lowest BCUT2D eigenvalue weighted by Crippen LogP contribution is -2.26. The van der Waals surface area contributed by atoms with Gasteiger partial charge in [-0.1, -0.05) is 12.1 Å². The van der Waals surface area contributed by atoms with Crippen molar-refractivity contribution in [2.24, 2.45) is 0 Å². The summed E-state index contributed by atoms with van der Waals surface area (Å²) in [6.07, 6.45) is -4.78. The number of nitro groups is 1. The molecule has 0 aliphatic rings. The molecule has 0 saturated carbocycles. The number of ether oxygens (including phenoxy) is 2. The van der Waals surface area contributed by atoms with Crippen LogP contribution in [0.3, 0.4) is 0 Å². The summed E-state index contributed by atoms with van der Waals surface area (Å²) in [6, 6.07) is 8.69. The van der Waals surface area contributed by atoms with E-state index in [1.54, 1.807) is 0 Å². The molecule has 10 heteroatoms. The van der Waals surface area contributed by atoms with Gasteiger partial charge in [-0.15, -0.1) is 13.2 Å². The molecule has 0 atom stereocenters. The van der Waals surface area contributed by atoms with Gasteiger partial charge in [0.2, 0.25) is 0 Å². The quantitative estimate of drug-likeness (QED) is 0.559. The highest BCUT2D eigenvalue weighted by atomic mass is 19.4. The highest BCUT2D eigenvalue weighted by Crippen LogP contribution is 2.26. The number of methoxy groups -OCH3 is 1. The van der Waals surface area contributed by atoms with Crippen LogP contribution in [0, 0.1) is 10.1 Å². The smallest absolute Gasteiger partial charge is 0.496 e. The van der Waals surface area contributed by atoms with E-state index in [2.05, 4.69) is 4.74 Å². The number of non-ortho nitro benzene ring substituents is 1. The minimum absolute atomic E-state index is 0.00576. The number of nitrogens with zero attached hydrogens (tertiary/aromatic N) is 2. The van der Waals surface area contributed by atoms with E-state index < -0.39 is 17.2 Å². The van der Waals surface area contributed by atoms with E-state index in [0.717, 1.165) is 18.2 Å². The van der Waals surface area contributed by atoms with Gasteiger partial charge in [0.05, 0.1) is 17.6 Å². The van der Waals surface area contributed by atoms with Crippen molar-refractivity contribution < 1.29 is 32.4 Å². The predicted octanol–water partition coefficient (Wildman–Crippen LogP) is 3.77. The molecule has 2 aromatic rings. The molecule has 0 heterocycles. The molecule has 0 saturated heterocycles. The molecule has 7 nitrogen and oxygen atoms in total. The van der Waals surface area contributed by atoms with E-state index >= 15 is 0 Å². The fourth-order valence-electron chi connectivity index (χ4n) is 2.32. The molecule has 1 amide bonds. The monoisotopic (exact) mass is 384 g/mol. The Morgan fingerprint density at radius 3 is 2.33 bits per heavy atom. The van der Waals surface area contributed by atoms with Gasteiger partial charge in [-0.05, 0) is 23.8 Å². The van der Waals surface area contributed by atoms with Crippen molar-refractivity contribution in [3.63, 3.8) is 0 Å². The van der Waals surface area contributed by atoms with Gasteiger partial charge in [0.25, 0.3) is 11.6 Å². The standard InChI is InChI=1S/C17H15F3N2O5/c1-21(10-11-3-6-13(7-4-11)27-17(18,19)20)16(23)14-9-12(22(24)25)5-8-15(14)26-2/h3-9H,10H2,1-2H3. The SMILES string of the molecule is COc1ccc([N+](=O)[O-])cc1C(=O)N(C)Cc1ccc(OC(F)(F)F)cc1. The molecular formula is C17H15F3N2O5. The summed E-state index contributed by atoms with van der Waals surface area (Å²) in [7, 11) is 2.79. The number of benzene rings is 2. The summed E-state index contributed by atoms with van der Waals surface area (Å²) in [5.74, 6) is -0.738. The number of alkyl halides is 3. The molecule has 0 radical (unpaired) electrons. The van der Waals surface area contributed by atoms with Crippen molar-refractivity contribution in [3.8, 4) is 11.5 Å². The fraction of sp³-hybridized carbons (Fsp3) is 0.235. The van der Waals surface area contributed by atoms with E-state index in [9.17, 15) is 28.1 Å². The number of carbonyl (C=O) groups is 1. The van der Waals surface area contributed by atoms with Gasteiger partial charge in [0, 0.05) is 25.7 Å². The lowest BCUT2D eigenvalue weighted by atomic mass is 10.1. The normalized spacial score (nSPS) is 11.0. The Balaban J connectivity index is 2.16. The minimum Gasteiger partial charge on any atom is -0.496 e. The van der Waals surface area contributed by atoms with E-state index in [4.69, 9.17) is 4.74 Å². The van der Waals surface area contributed by atoms with Crippen molar-refractivity contribution in [1.29, 1.82) is 0 Å². The molecule has 0 spiro atoms. The molecule has 0 aliphatic heterocycles. The van der Waals surface area contributed by atoms with Crippen LogP contribution in [0.25, 0.3) is 0 Å². The Morgan fingerprint density at radius 2 is 1.81 bits per heavy atom. The number of carbonyl (C=O) groups excluding carboxylic acids is 1. The van der Waals surface area contributed by atoms with E-state index in [1.165, 1.54) is 43.3 Å². The van der Waals surface area contributed by atoms with Gasteiger partial charge < -0.3 is 14.4 Å². The third kappa shape index (κ3) is 5.33. The van der Waals surface area contributed by atoms with Crippen molar-refractivity contribution >= 4 is 11.6 Å². The van der Waals surface area contributed by atoms with E-state index in [-0.39, 0.29) is 29.3 Å². The highest BCUT2D eigenvalue weighted by molar-refractivity contribution is 5.97. The molecule has 0 bridgehead atoms. The van der Waals surface area contributed by atoms with Gasteiger partial charge in [-0.3, -0.25) is 14.9 Å². The largest absolute Gasteiger partial charge is 0.573 e. The Kier molecular flexibility index (Phi) is 5.88. The molecule has 27 heavy (non-hydrogen) atoms. The molecule has 0 N–H and O–H groups in total. The van der Waals surface area contributed by atoms with Crippen LogP contribution in [-0.4, -0.2) is 36.3 Å². The molecule has 0 fully saturated rings. The number of hydrogen-bond acceptors (Lipinski definition) is 5. The third-order valence-corrected chi connectivity index (χ3v) is 3.55. The minimum atomic E-state index is -4.78. The summed E-state index contributed by atoms with van der Waals surface area (Å²) in [6.45, 7) is 0.0664. The van der Waals surface area contributed by atoms with Crippen molar-refractivity contribution in [2.45, 2.75) is 12.9 Å². The number of rotatable bonds is 6. The first-order valence-electron chi connectivity index (χ1n) is 7.53. The second-order valence-electron chi connectivity index (χ2n) is 5.49. The van der Waals surface area contributed by atoms with Crippen LogP contribution in [0.15, 0.2) is 42.5 Å². The Labute approximate surface area is 152 Å². The lowest BCUT2D eigenvalue weighted by molar-refractivity contribution is -0.384. The lowest BCUT2D eigenvalue weighted by Gasteiger charge is -2.19. The maximum Gasteiger partial charge on any atom is 0.573 e. The van der Waals surface area contributed by atoms with Gasteiger partial charge in [-0.25, -0.2) is 0 Å². The molecule has 0 unspecified atom stereocenters. The maximum absolute atomic E-state index is 12.6. The third-order valence-electron chi connectivity index (χ3n) is 3.55. The van der Waals surface area contributed by atoms with E-state index in [0.29, 0.717) is 5.56 Å². The molecule has 0 aliphatic carbocycles. The van der Waals surface area contributed by atoms with Gasteiger partial charge >= 0.3 is 6.36 Å². The Bertz CT molecular complexity index is 837. The number of hydrogen-bond donors (Lipinski definition) is 0. The average Bonchev–Trinajstić information content (AvgIpc) is 2.60. The summed E-state index contributed by atoms with van der Waals surface area (Å²) >= 11 is 0. The maximum atomic E-state index is 12.6. The van der Waals surface area contributed by atoms with Crippen LogP contribution < -0.4 is 9.47 Å². The first-order chi connectivity index (χ1) is 12.6. The topological polar surface area (TPSA) is 81.9 Å². The first kappa shape index (κ1) is 20.0. The van der Waals surface area contributed by atoms with Crippen molar-refractivity contribution in [3.05, 3.63) is 63.7 Å². The number of amides is 1. The van der Waals surface area contributed by atoms with Crippen LogP contribution in [0.2, 0.25) is 0 Å². The van der Waals surface area contributed by atoms with Crippen molar-refractivity contribution in [2.75, 3.05) is 14.2 Å². The predicted molar refractivity (Wildman–Crippen MR) is 88.6 cm³/mol. The number of halogens is 3. The second kappa shape index (κ2) is 7.94. The summed E-state index contributed by atoms with van der Waals surface area (Å²) in [5, 5.41) is 10.9. The highest BCUT2D eigenvalue weighted by Gasteiger charge is 2.31. The molecular weight excluding hydrogens is 369 g/mol. The number of nitro benzene ring substituents is 1. The fourth-order valence-corrected chi connectivity index (χ4v) is 2.32. The van der Waals surface area contributed by atoms with Crippen LogP contribution in [-0.2, 0) is 6.54 Å². The van der Waals surface area contributed by atoms with Crippen LogP contribution in [0.5, 0.6) is 11.5 Å². The second-order valence-corrected chi connectivity index (χ2v) is 5.49. The van der Waals surface area contributed by atoms with Crippen LogP contribution in [0.1, 0.15) is 15.9 Å². The Morgan fingerprint density at radius 1 is 1.19 bits per heavy atom. The van der Waals surface area contributed by atoms with Crippen molar-refractivity contribution in [1.82, 2.24) is 4.90 Å². The summed E-state index contributed by atoms with van der Waals surface area (Å²) in [4.78, 5) is 24.2. The van der Waals surface area contributed by atoms with Crippen LogP contribution >= 0.6 is 0 Å². The zero-order valence-electron chi connectivity index (χ0n) is 14.3. The molecule has 144 valence electrons. The molecule has 0 aromatic heterocycles. The average molecular weight is 384 g/mol. The first-order valence-corrected chi connectivity index (χ1v) is 7.53.